The van der Waals surface area contributed by atoms with Gasteiger partial charge in [0.25, 0.3) is 15.7 Å². The summed E-state index contributed by atoms with van der Waals surface area (Å²) in [5, 5.41) is -0.913. The molecule has 1 heterocycles. The number of alkyl halides is 3. The summed E-state index contributed by atoms with van der Waals surface area (Å²) < 4.78 is 94.1. The second kappa shape index (κ2) is 9.69. The maximum absolute atomic E-state index is 13.7. The molecule has 0 unspecified atom stereocenters. The lowest BCUT2D eigenvalue weighted by Gasteiger charge is -2.17. The van der Waals surface area contributed by atoms with Crippen LogP contribution in [0, 0.1) is 0 Å². The minimum Gasteiger partial charge on any atom is -0.294 e. The Kier molecular flexibility index (Phi) is 7.59. The molecule has 0 aliphatic rings. The van der Waals surface area contributed by atoms with Gasteiger partial charge in [-0.05, 0) is 29.8 Å². The van der Waals surface area contributed by atoms with Gasteiger partial charge in [0.05, 0.1) is 57.9 Å². The van der Waals surface area contributed by atoms with Crippen LogP contribution in [0.25, 0.3) is 10.9 Å². The first-order valence-electron chi connectivity index (χ1n) is 9.68. The van der Waals surface area contributed by atoms with E-state index >= 15 is 0 Å². The van der Waals surface area contributed by atoms with E-state index in [4.69, 9.17) is 23.2 Å². The van der Waals surface area contributed by atoms with E-state index in [-0.39, 0.29) is 33.3 Å². The van der Waals surface area contributed by atoms with Crippen LogP contribution in [0.15, 0.2) is 40.3 Å². The first kappa shape index (κ1) is 27.4. The first-order chi connectivity index (χ1) is 16.0. The fourth-order valence-corrected chi connectivity index (χ4v) is 5.23. The van der Waals surface area contributed by atoms with Crippen molar-refractivity contribution in [3.05, 3.63) is 67.7 Å². The van der Waals surface area contributed by atoms with Crippen molar-refractivity contribution >= 4 is 54.1 Å². The molecule has 1 aromatic heterocycles. The normalized spacial score (nSPS) is 12.9. The van der Waals surface area contributed by atoms with Crippen LogP contribution in [0.5, 0.6) is 0 Å². The van der Waals surface area contributed by atoms with Gasteiger partial charge in [-0.3, -0.25) is 13.5 Å². The lowest BCUT2D eigenvalue weighted by molar-refractivity contribution is -0.138. The van der Waals surface area contributed by atoms with Gasteiger partial charge in [-0.15, -0.1) is 0 Å². The van der Waals surface area contributed by atoms with Crippen LogP contribution in [-0.2, 0) is 43.5 Å². The molecule has 0 radical (unpaired) electrons. The summed E-state index contributed by atoms with van der Waals surface area (Å²) >= 11 is 12.1. The molecule has 0 bridgehead atoms. The Morgan fingerprint density at radius 3 is 2.34 bits per heavy atom. The Morgan fingerprint density at radius 1 is 1.11 bits per heavy atom. The van der Waals surface area contributed by atoms with Crippen LogP contribution < -0.4 is 5.56 Å². The molecule has 0 spiro atoms. The van der Waals surface area contributed by atoms with Gasteiger partial charge >= 0.3 is 6.18 Å². The van der Waals surface area contributed by atoms with Crippen molar-refractivity contribution in [2.24, 2.45) is 0 Å². The molecule has 0 atom stereocenters. The molecule has 2 aromatic carbocycles. The Morgan fingerprint density at radius 2 is 1.77 bits per heavy atom. The zero-order chi connectivity index (χ0) is 26.3. The fraction of sp³-hybridized carbons (Fsp3) is 0.300. The Balaban J connectivity index is 2.22. The van der Waals surface area contributed by atoms with Gasteiger partial charge in [0.2, 0.25) is 0 Å². The highest BCUT2D eigenvalue weighted by Crippen LogP contribution is 2.38. The Labute approximate surface area is 208 Å². The lowest BCUT2D eigenvalue weighted by atomic mass is 10.0. The summed E-state index contributed by atoms with van der Waals surface area (Å²) in [5.41, 5.74) is -3.17. The quantitative estimate of drug-likeness (QED) is 0.392. The predicted octanol–water partition coefficient (Wildman–Crippen LogP) is 4.04. The van der Waals surface area contributed by atoms with Crippen molar-refractivity contribution < 1.29 is 34.2 Å². The van der Waals surface area contributed by atoms with Crippen molar-refractivity contribution in [2.75, 3.05) is 12.0 Å². The van der Waals surface area contributed by atoms with Crippen LogP contribution in [0.4, 0.5) is 13.2 Å². The number of sulfone groups is 1. The SMILES string of the molecule is CCS(=O)(=O)c1ccc(Cl)cc1Cn1cnc2c(Cl)c(COS(C)(=O)=O)c(C(F)(F)F)cc2c1=O. The van der Waals surface area contributed by atoms with Crippen LogP contribution in [0.2, 0.25) is 10.0 Å². The number of rotatable bonds is 7. The smallest absolute Gasteiger partial charge is 0.294 e. The lowest BCUT2D eigenvalue weighted by Crippen LogP contribution is -2.23. The Bertz CT molecular complexity index is 1590. The third-order valence-electron chi connectivity index (χ3n) is 4.96. The van der Waals surface area contributed by atoms with Crippen molar-refractivity contribution in [3.63, 3.8) is 0 Å². The summed E-state index contributed by atoms with van der Waals surface area (Å²) in [7, 11) is -7.80. The molecule has 8 nitrogen and oxygen atoms in total. The Hall–Kier alpha value is -2.19. The van der Waals surface area contributed by atoms with Gasteiger partial charge in [-0.25, -0.2) is 13.4 Å². The molecule has 15 heteroatoms. The molecule has 0 fully saturated rings. The summed E-state index contributed by atoms with van der Waals surface area (Å²) in [6, 6.07) is 4.49. The van der Waals surface area contributed by atoms with Gasteiger partial charge < -0.3 is 0 Å². The number of hydrogen-bond acceptors (Lipinski definition) is 7. The average Bonchev–Trinajstić information content (AvgIpc) is 2.73. The van der Waals surface area contributed by atoms with E-state index in [9.17, 15) is 34.8 Å². The number of fused-ring (bicyclic) bond motifs is 1. The van der Waals surface area contributed by atoms with E-state index in [0.29, 0.717) is 12.3 Å². The second-order valence-corrected chi connectivity index (χ2v) is 12.1. The highest BCUT2D eigenvalue weighted by atomic mass is 35.5. The summed E-state index contributed by atoms with van der Waals surface area (Å²) in [5.74, 6) is -0.227. The molecule has 0 aliphatic carbocycles. The van der Waals surface area contributed by atoms with Crippen LogP contribution in [0.1, 0.15) is 23.6 Å². The maximum Gasteiger partial charge on any atom is 0.416 e. The van der Waals surface area contributed by atoms with Crippen LogP contribution >= 0.6 is 23.2 Å². The van der Waals surface area contributed by atoms with Crippen LogP contribution in [0.3, 0.4) is 0 Å². The number of hydrogen-bond donors (Lipinski definition) is 0. The zero-order valence-electron chi connectivity index (χ0n) is 18.1. The second-order valence-electron chi connectivity index (χ2n) is 7.41. The molecule has 0 aliphatic heterocycles. The van der Waals surface area contributed by atoms with Crippen molar-refractivity contribution in [1.82, 2.24) is 9.55 Å². The topological polar surface area (TPSA) is 112 Å². The van der Waals surface area contributed by atoms with Gasteiger partial charge in [-0.2, -0.15) is 21.6 Å². The van der Waals surface area contributed by atoms with Crippen molar-refractivity contribution in [3.8, 4) is 0 Å². The molecule has 0 amide bonds. The van der Waals surface area contributed by atoms with E-state index in [2.05, 4.69) is 9.17 Å². The molecular formula is C20H17Cl2F3N2O6S2. The van der Waals surface area contributed by atoms with E-state index in [0.717, 1.165) is 10.9 Å². The highest BCUT2D eigenvalue weighted by Gasteiger charge is 2.36. The van der Waals surface area contributed by atoms with Crippen molar-refractivity contribution in [1.29, 1.82) is 0 Å². The molecule has 0 N–H and O–H groups in total. The number of benzene rings is 2. The van der Waals surface area contributed by atoms with Crippen molar-refractivity contribution in [2.45, 2.75) is 31.1 Å². The standard InChI is InChI=1S/C20H17Cl2F3N2O6S2/c1-3-35(31,32)16-5-4-12(21)6-11(16)8-27-10-26-18-13(19(27)28)7-15(20(23,24)25)14(17(18)22)9-33-34(2,29)30/h4-7,10H,3,8-9H2,1-2H3. The van der Waals surface area contributed by atoms with Gasteiger partial charge in [0.1, 0.15) is 0 Å². The predicted molar refractivity (Wildman–Crippen MR) is 124 cm³/mol. The molecule has 190 valence electrons. The molecule has 3 rings (SSSR count). The largest absolute Gasteiger partial charge is 0.416 e. The van der Waals surface area contributed by atoms with Gasteiger partial charge in [0, 0.05) is 10.6 Å². The fourth-order valence-electron chi connectivity index (χ4n) is 3.29. The molecule has 3 aromatic rings. The molecular weight excluding hydrogens is 556 g/mol. The van der Waals surface area contributed by atoms with E-state index in [1.807, 2.05) is 0 Å². The average molecular weight is 573 g/mol. The minimum absolute atomic E-state index is 0.0846. The minimum atomic E-state index is -5.00. The van der Waals surface area contributed by atoms with Gasteiger partial charge in [0.15, 0.2) is 9.84 Å². The molecule has 35 heavy (non-hydrogen) atoms. The van der Waals surface area contributed by atoms with E-state index in [1.54, 1.807) is 0 Å². The highest BCUT2D eigenvalue weighted by molar-refractivity contribution is 7.91. The number of nitrogens with zero attached hydrogens (tertiary/aromatic N) is 2. The zero-order valence-corrected chi connectivity index (χ0v) is 21.2. The third kappa shape index (κ3) is 5.97. The summed E-state index contributed by atoms with van der Waals surface area (Å²) in [6.07, 6.45) is -3.35. The summed E-state index contributed by atoms with van der Waals surface area (Å²) in [6.45, 7) is 0.0615. The monoisotopic (exact) mass is 572 g/mol. The number of aromatic nitrogens is 2. The molecule has 0 saturated heterocycles. The van der Waals surface area contributed by atoms with E-state index in [1.165, 1.54) is 25.1 Å². The van der Waals surface area contributed by atoms with Crippen LogP contribution in [-0.4, -0.2) is 38.4 Å². The third-order valence-corrected chi connectivity index (χ3v) is 7.98. The number of halogens is 5. The van der Waals surface area contributed by atoms with Gasteiger partial charge in [-0.1, -0.05) is 30.1 Å². The maximum atomic E-state index is 13.7. The first-order valence-corrected chi connectivity index (χ1v) is 13.9. The molecule has 0 saturated carbocycles. The summed E-state index contributed by atoms with van der Waals surface area (Å²) in [4.78, 5) is 17.0. The van der Waals surface area contributed by atoms with E-state index < -0.39 is 59.8 Å².